The Kier molecular flexibility index (Phi) is 6.55. The van der Waals surface area contributed by atoms with Crippen molar-refractivity contribution < 1.29 is 14.1 Å². The van der Waals surface area contributed by atoms with Crippen molar-refractivity contribution in [2.75, 3.05) is 39.4 Å². The maximum Gasteiger partial charge on any atom is 0.227 e. The fourth-order valence-corrected chi connectivity index (χ4v) is 2.82. The highest BCUT2D eigenvalue weighted by atomic mass is 79.9. The highest BCUT2D eigenvalue weighted by Crippen LogP contribution is 2.19. The molecule has 25 heavy (non-hydrogen) atoms. The minimum atomic E-state index is -0.00310. The molecule has 0 spiro atoms. The Labute approximate surface area is 154 Å². The molecule has 1 fully saturated rings. The van der Waals surface area contributed by atoms with Crippen molar-refractivity contribution in [3.05, 3.63) is 34.6 Å². The van der Waals surface area contributed by atoms with Crippen molar-refractivity contribution in [2.45, 2.75) is 12.8 Å². The standard InChI is InChI=1S/C17H21BrN4O3/c18-14-3-1-13(2-4-14)17-20-16(25-21-17)6-5-15(23)19-7-8-22-9-11-24-12-10-22/h1-4H,5-12H2,(H,19,23). The summed E-state index contributed by atoms with van der Waals surface area (Å²) in [7, 11) is 0. The van der Waals surface area contributed by atoms with Gasteiger partial charge in [-0.1, -0.05) is 21.1 Å². The molecule has 1 aliphatic heterocycles. The number of nitrogens with one attached hydrogen (secondary N) is 1. The van der Waals surface area contributed by atoms with Crippen molar-refractivity contribution in [3.63, 3.8) is 0 Å². The average Bonchev–Trinajstić information content (AvgIpc) is 3.10. The highest BCUT2D eigenvalue weighted by Gasteiger charge is 2.12. The number of carbonyl (C=O) groups excluding carboxylic acids is 1. The molecule has 0 saturated carbocycles. The van der Waals surface area contributed by atoms with Crippen LogP contribution in [0.25, 0.3) is 11.4 Å². The van der Waals surface area contributed by atoms with E-state index >= 15 is 0 Å². The van der Waals surface area contributed by atoms with Crippen LogP contribution in [0.2, 0.25) is 0 Å². The first-order chi connectivity index (χ1) is 12.2. The highest BCUT2D eigenvalue weighted by molar-refractivity contribution is 9.10. The quantitative estimate of drug-likeness (QED) is 0.752. The number of ether oxygens (including phenoxy) is 1. The summed E-state index contributed by atoms with van der Waals surface area (Å²) in [6.45, 7) is 4.89. The zero-order chi connectivity index (χ0) is 17.5. The second kappa shape index (κ2) is 9.07. The Morgan fingerprint density at radius 2 is 2.00 bits per heavy atom. The smallest absolute Gasteiger partial charge is 0.227 e. The van der Waals surface area contributed by atoms with Crippen LogP contribution in [0.5, 0.6) is 0 Å². The number of hydrogen-bond acceptors (Lipinski definition) is 6. The van der Waals surface area contributed by atoms with Crippen LogP contribution in [-0.4, -0.2) is 60.3 Å². The number of hydrogen-bond donors (Lipinski definition) is 1. The molecule has 1 aromatic carbocycles. The molecule has 1 aromatic heterocycles. The lowest BCUT2D eigenvalue weighted by Crippen LogP contribution is -2.41. The molecular formula is C17H21BrN4O3. The molecule has 1 amide bonds. The van der Waals surface area contributed by atoms with Crippen molar-refractivity contribution in [3.8, 4) is 11.4 Å². The van der Waals surface area contributed by atoms with Gasteiger partial charge in [-0.2, -0.15) is 4.98 Å². The molecule has 0 atom stereocenters. The Morgan fingerprint density at radius 1 is 1.24 bits per heavy atom. The number of benzene rings is 1. The van der Waals surface area contributed by atoms with Crippen LogP contribution in [0.1, 0.15) is 12.3 Å². The Hall–Kier alpha value is -1.77. The van der Waals surface area contributed by atoms with Gasteiger partial charge in [0.2, 0.25) is 17.6 Å². The second-order valence-electron chi connectivity index (χ2n) is 5.82. The van der Waals surface area contributed by atoms with Gasteiger partial charge in [0.25, 0.3) is 0 Å². The number of morpholine rings is 1. The van der Waals surface area contributed by atoms with Gasteiger partial charge in [0.05, 0.1) is 13.2 Å². The predicted molar refractivity (Wildman–Crippen MR) is 96.0 cm³/mol. The molecule has 2 aromatic rings. The summed E-state index contributed by atoms with van der Waals surface area (Å²) in [5.74, 6) is 1.01. The Bertz CT molecular complexity index is 683. The van der Waals surface area contributed by atoms with Gasteiger partial charge in [0, 0.05) is 49.1 Å². The van der Waals surface area contributed by atoms with Crippen LogP contribution < -0.4 is 5.32 Å². The van der Waals surface area contributed by atoms with Gasteiger partial charge in [0.15, 0.2) is 0 Å². The van der Waals surface area contributed by atoms with Gasteiger partial charge in [0.1, 0.15) is 0 Å². The number of halogens is 1. The van der Waals surface area contributed by atoms with Crippen LogP contribution in [0.15, 0.2) is 33.3 Å². The van der Waals surface area contributed by atoms with Crippen molar-refractivity contribution in [1.82, 2.24) is 20.4 Å². The number of rotatable bonds is 7. The van der Waals surface area contributed by atoms with Gasteiger partial charge in [-0.05, 0) is 24.3 Å². The molecule has 2 heterocycles. The van der Waals surface area contributed by atoms with Crippen LogP contribution in [0.4, 0.5) is 0 Å². The number of aryl methyl sites for hydroxylation is 1. The van der Waals surface area contributed by atoms with E-state index in [1.54, 1.807) is 0 Å². The van der Waals surface area contributed by atoms with E-state index in [4.69, 9.17) is 9.26 Å². The third-order valence-corrected chi connectivity index (χ3v) is 4.52. The van der Waals surface area contributed by atoms with Gasteiger partial charge in [-0.3, -0.25) is 9.69 Å². The fourth-order valence-electron chi connectivity index (χ4n) is 2.56. The summed E-state index contributed by atoms with van der Waals surface area (Å²) < 4.78 is 11.5. The van der Waals surface area contributed by atoms with Gasteiger partial charge in [-0.15, -0.1) is 0 Å². The molecule has 1 aliphatic rings. The lowest BCUT2D eigenvalue weighted by Gasteiger charge is -2.26. The first-order valence-corrected chi connectivity index (χ1v) is 9.15. The molecule has 1 saturated heterocycles. The average molecular weight is 409 g/mol. The van der Waals surface area contributed by atoms with Crippen LogP contribution in [0.3, 0.4) is 0 Å². The lowest BCUT2D eigenvalue weighted by atomic mass is 10.2. The summed E-state index contributed by atoms with van der Waals surface area (Å²) in [5, 5.41) is 6.89. The molecule has 3 rings (SSSR count). The summed E-state index contributed by atoms with van der Waals surface area (Å²) in [6, 6.07) is 7.68. The maximum atomic E-state index is 11.9. The normalized spacial score (nSPS) is 15.2. The largest absolute Gasteiger partial charge is 0.379 e. The predicted octanol–water partition coefficient (Wildman–Crippen LogP) is 1.88. The minimum Gasteiger partial charge on any atom is -0.379 e. The Morgan fingerprint density at radius 3 is 2.76 bits per heavy atom. The third kappa shape index (κ3) is 5.62. The molecule has 0 bridgehead atoms. The van der Waals surface area contributed by atoms with Gasteiger partial charge in [-0.25, -0.2) is 0 Å². The number of nitrogens with zero attached hydrogens (tertiary/aromatic N) is 3. The van der Waals surface area contributed by atoms with Crippen LogP contribution >= 0.6 is 15.9 Å². The first kappa shape index (κ1) is 18.0. The molecular weight excluding hydrogens is 388 g/mol. The minimum absolute atomic E-state index is 0.00310. The maximum absolute atomic E-state index is 11.9. The number of carbonyl (C=O) groups is 1. The van der Waals surface area contributed by atoms with E-state index in [2.05, 4.69) is 36.3 Å². The first-order valence-electron chi connectivity index (χ1n) is 8.36. The third-order valence-electron chi connectivity index (χ3n) is 3.99. The van der Waals surface area contributed by atoms with Gasteiger partial charge >= 0.3 is 0 Å². The summed E-state index contributed by atoms with van der Waals surface area (Å²) >= 11 is 3.39. The van der Waals surface area contributed by atoms with Gasteiger partial charge < -0.3 is 14.6 Å². The zero-order valence-corrected chi connectivity index (χ0v) is 15.5. The van der Waals surface area contributed by atoms with Crippen LogP contribution in [0, 0.1) is 0 Å². The van der Waals surface area contributed by atoms with E-state index in [1.807, 2.05) is 24.3 Å². The van der Waals surface area contributed by atoms with E-state index in [9.17, 15) is 4.79 Å². The molecule has 0 unspecified atom stereocenters. The zero-order valence-electron chi connectivity index (χ0n) is 13.9. The summed E-state index contributed by atoms with van der Waals surface area (Å²) in [5.41, 5.74) is 0.883. The monoisotopic (exact) mass is 408 g/mol. The van der Waals surface area contributed by atoms with E-state index in [1.165, 1.54) is 0 Å². The topological polar surface area (TPSA) is 80.5 Å². The van der Waals surface area contributed by atoms with E-state index in [0.717, 1.165) is 42.9 Å². The fraction of sp³-hybridized carbons (Fsp3) is 0.471. The van der Waals surface area contributed by atoms with E-state index < -0.39 is 0 Å². The molecule has 7 nitrogen and oxygen atoms in total. The summed E-state index contributed by atoms with van der Waals surface area (Å²) in [4.78, 5) is 18.5. The molecule has 0 radical (unpaired) electrons. The van der Waals surface area contributed by atoms with Crippen molar-refractivity contribution in [1.29, 1.82) is 0 Å². The number of amides is 1. The Balaban J connectivity index is 1.39. The summed E-state index contributed by atoms with van der Waals surface area (Å²) in [6.07, 6.45) is 0.776. The van der Waals surface area contributed by atoms with Crippen molar-refractivity contribution >= 4 is 21.8 Å². The van der Waals surface area contributed by atoms with Crippen LogP contribution in [-0.2, 0) is 16.0 Å². The molecule has 0 aliphatic carbocycles. The number of aromatic nitrogens is 2. The molecule has 134 valence electrons. The molecule has 1 N–H and O–H groups in total. The molecule has 8 heteroatoms. The second-order valence-corrected chi connectivity index (χ2v) is 6.74. The van der Waals surface area contributed by atoms with Crippen molar-refractivity contribution in [2.24, 2.45) is 0 Å². The van der Waals surface area contributed by atoms with E-state index in [-0.39, 0.29) is 5.91 Å². The SMILES string of the molecule is O=C(CCc1nc(-c2ccc(Br)cc2)no1)NCCN1CCOCC1. The lowest BCUT2D eigenvalue weighted by molar-refractivity contribution is -0.121. The van der Waals surface area contributed by atoms with E-state index in [0.29, 0.717) is 31.1 Å².